The van der Waals surface area contributed by atoms with E-state index in [0.717, 1.165) is 16.8 Å². The zero-order valence-electron chi connectivity index (χ0n) is 10.1. The van der Waals surface area contributed by atoms with E-state index in [4.69, 9.17) is 0 Å². The number of nitrogens with zero attached hydrogens (tertiary/aromatic N) is 3. The van der Waals surface area contributed by atoms with E-state index in [-0.39, 0.29) is 0 Å². The Labute approximate surface area is 105 Å². The molecule has 1 aromatic rings. The molecule has 1 heterocycles. The standard InChI is InChI=1S/C10H18BrN5/c1-7(6-16(3)4)14-9-8(11)5-13-10(12-2)15-9/h5,7H,6H2,1-4H3,(H2,12,13,14,15). The summed E-state index contributed by atoms with van der Waals surface area (Å²) >= 11 is 3.43. The quantitative estimate of drug-likeness (QED) is 0.862. The van der Waals surface area contributed by atoms with Gasteiger partial charge in [0.15, 0.2) is 0 Å². The van der Waals surface area contributed by atoms with Crippen molar-refractivity contribution in [1.82, 2.24) is 14.9 Å². The Balaban J connectivity index is 2.71. The summed E-state index contributed by atoms with van der Waals surface area (Å²) in [5.74, 6) is 1.43. The number of halogens is 1. The molecule has 0 aliphatic rings. The second kappa shape index (κ2) is 6.00. The molecule has 0 bridgehead atoms. The molecule has 0 aliphatic heterocycles. The van der Waals surface area contributed by atoms with Crippen molar-refractivity contribution in [2.75, 3.05) is 38.3 Å². The van der Waals surface area contributed by atoms with Gasteiger partial charge in [-0.15, -0.1) is 0 Å². The lowest BCUT2D eigenvalue weighted by Crippen LogP contribution is -2.30. The maximum Gasteiger partial charge on any atom is 0.224 e. The molecule has 0 amide bonds. The van der Waals surface area contributed by atoms with Crippen molar-refractivity contribution in [3.8, 4) is 0 Å². The van der Waals surface area contributed by atoms with E-state index < -0.39 is 0 Å². The van der Waals surface area contributed by atoms with Gasteiger partial charge in [0.2, 0.25) is 5.95 Å². The Hall–Kier alpha value is -0.880. The monoisotopic (exact) mass is 287 g/mol. The average molecular weight is 288 g/mol. The van der Waals surface area contributed by atoms with Crippen LogP contribution in [-0.4, -0.2) is 48.6 Å². The molecule has 0 aliphatic carbocycles. The molecule has 0 saturated carbocycles. The number of anilines is 2. The normalized spacial score (nSPS) is 12.6. The summed E-state index contributed by atoms with van der Waals surface area (Å²) in [6, 6.07) is 0.325. The van der Waals surface area contributed by atoms with Crippen LogP contribution >= 0.6 is 15.9 Å². The number of rotatable bonds is 5. The predicted molar refractivity (Wildman–Crippen MR) is 70.9 cm³/mol. The first-order valence-electron chi connectivity index (χ1n) is 5.14. The van der Waals surface area contributed by atoms with Crippen LogP contribution in [0.25, 0.3) is 0 Å². The molecule has 5 nitrogen and oxygen atoms in total. The van der Waals surface area contributed by atoms with Gasteiger partial charge in [0.05, 0.1) is 4.47 Å². The highest BCUT2D eigenvalue weighted by molar-refractivity contribution is 9.10. The lowest BCUT2D eigenvalue weighted by Gasteiger charge is -2.19. The number of hydrogen-bond donors (Lipinski definition) is 2. The molecule has 0 saturated heterocycles. The van der Waals surface area contributed by atoms with Crippen molar-refractivity contribution in [2.45, 2.75) is 13.0 Å². The third-order valence-corrected chi connectivity index (χ3v) is 2.57. The number of nitrogens with one attached hydrogen (secondary N) is 2. The molecule has 1 aromatic heterocycles. The van der Waals surface area contributed by atoms with Crippen LogP contribution in [0.15, 0.2) is 10.7 Å². The van der Waals surface area contributed by atoms with Crippen LogP contribution in [-0.2, 0) is 0 Å². The zero-order valence-corrected chi connectivity index (χ0v) is 11.7. The fourth-order valence-electron chi connectivity index (χ4n) is 1.42. The molecular formula is C10H18BrN5. The van der Waals surface area contributed by atoms with Crippen molar-refractivity contribution in [2.24, 2.45) is 0 Å². The summed E-state index contributed by atoms with van der Waals surface area (Å²) in [5.41, 5.74) is 0. The minimum atomic E-state index is 0.325. The zero-order chi connectivity index (χ0) is 12.1. The van der Waals surface area contributed by atoms with Crippen LogP contribution in [0.3, 0.4) is 0 Å². The van der Waals surface area contributed by atoms with E-state index >= 15 is 0 Å². The second-order valence-electron chi connectivity index (χ2n) is 3.95. The molecule has 90 valence electrons. The van der Waals surface area contributed by atoms with E-state index in [1.54, 1.807) is 13.2 Å². The minimum Gasteiger partial charge on any atom is -0.365 e. The maximum atomic E-state index is 4.34. The Kier molecular flexibility index (Phi) is 4.95. The lowest BCUT2D eigenvalue weighted by atomic mass is 10.3. The topological polar surface area (TPSA) is 53.1 Å². The van der Waals surface area contributed by atoms with Crippen molar-refractivity contribution in [3.05, 3.63) is 10.7 Å². The van der Waals surface area contributed by atoms with E-state index in [1.165, 1.54) is 0 Å². The molecule has 0 spiro atoms. The van der Waals surface area contributed by atoms with Crippen LogP contribution in [0.2, 0.25) is 0 Å². The number of hydrogen-bond acceptors (Lipinski definition) is 5. The third kappa shape index (κ3) is 3.94. The van der Waals surface area contributed by atoms with Gasteiger partial charge in [-0.05, 0) is 36.9 Å². The van der Waals surface area contributed by atoms with Gasteiger partial charge in [-0.3, -0.25) is 0 Å². The van der Waals surface area contributed by atoms with Gasteiger partial charge in [0.25, 0.3) is 0 Å². The predicted octanol–water partition coefficient (Wildman–Crippen LogP) is 1.64. The van der Waals surface area contributed by atoms with Crippen molar-refractivity contribution in [3.63, 3.8) is 0 Å². The lowest BCUT2D eigenvalue weighted by molar-refractivity contribution is 0.392. The van der Waals surface area contributed by atoms with Crippen LogP contribution in [0, 0.1) is 0 Å². The fraction of sp³-hybridized carbons (Fsp3) is 0.600. The van der Waals surface area contributed by atoms with Crippen molar-refractivity contribution >= 4 is 27.7 Å². The summed E-state index contributed by atoms with van der Waals surface area (Å²) < 4.78 is 0.872. The van der Waals surface area contributed by atoms with Gasteiger partial charge in [0.1, 0.15) is 5.82 Å². The molecular weight excluding hydrogens is 270 g/mol. The first kappa shape index (κ1) is 13.2. The van der Waals surface area contributed by atoms with Crippen molar-refractivity contribution < 1.29 is 0 Å². The largest absolute Gasteiger partial charge is 0.365 e. The third-order valence-electron chi connectivity index (χ3n) is 1.99. The first-order chi connectivity index (χ1) is 7.52. The second-order valence-corrected chi connectivity index (χ2v) is 4.80. The molecule has 16 heavy (non-hydrogen) atoms. The minimum absolute atomic E-state index is 0.325. The van der Waals surface area contributed by atoms with Gasteiger partial charge >= 0.3 is 0 Å². The molecule has 2 N–H and O–H groups in total. The molecule has 6 heteroatoms. The molecule has 1 rings (SSSR count). The highest BCUT2D eigenvalue weighted by Crippen LogP contribution is 2.20. The van der Waals surface area contributed by atoms with Gasteiger partial charge in [-0.25, -0.2) is 4.98 Å². The van der Waals surface area contributed by atoms with Gasteiger partial charge in [0, 0.05) is 25.8 Å². The van der Waals surface area contributed by atoms with Crippen LogP contribution in [0.1, 0.15) is 6.92 Å². The van der Waals surface area contributed by atoms with Crippen LogP contribution in [0.4, 0.5) is 11.8 Å². The molecule has 0 aromatic carbocycles. The van der Waals surface area contributed by atoms with Crippen molar-refractivity contribution in [1.29, 1.82) is 0 Å². The summed E-state index contributed by atoms with van der Waals surface area (Å²) in [4.78, 5) is 10.6. The number of aromatic nitrogens is 2. The summed E-state index contributed by atoms with van der Waals surface area (Å²) in [6.45, 7) is 3.07. The highest BCUT2D eigenvalue weighted by Gasteiger charge is 2.08. The molecule has 0 fully saturated rings. The van der Waals surface area contributed by atoms with Crippen LogP contribution in [0.5, 0.6) is 0 Å². The Morgan fingerprint density at radius 3 is 2.75 bits per heavy atom. The summed E-state index contributed by atoms with van der Waals surface area (Å²) in [7, 11) is 5.90. The van der Waals surface area contributed by atoms with E-state index in [9.17, 15) is 0 Å². The Morgan fingerprint density at radius 2 is 2.19 bits per heavy atom. The average Bonchev–Trinajstić information content (AvgIpc) is 2.20. The summed E-state index contributed by atoms with van der Waals surface area (Å²) in [6.07, 6.45) is 1.74. The van der Waals surface area contributed by atoms with E-state index in [0.29, 0.717) is 12.0 Å². The van der Waals surface area contributed by atoms with Gasteiger partial charge in [-0.1, -0.05) is 0 Å². The first-order valence-corrected chi connectivity index (χ1v) is 5.93. The molecule has 1 atom stereocenters. The SMILES string of the molecule is CNc1ncc(Br)c(NC(C)CN(C)C)n1. The Bertz CT molecular complexity index is 342. The Morgan fingerprint density at radius 1 is 1.50 bits per heavy atom. The smallest absolute Gasteiger partial charge is 0.224 e. The van der Waals surface area contributed by atoms with Gasteiger partial charge < -0.3 is 15.5 Å². The van der Waals surface area contributed by atoms with E-state index in [1.807, 2.05) is 14.1 Å². The number of likely N-dealkylation sites (N-methyl/N-ethyl adjacent to an activating group) is 1. The van der Waals surface area contributed by atoms with E-state index in [2.05, 4.69) is 48.4 Å². The molecule has 0 radical (unpaired) electrons. The highest BCUT2D eigenvalue weighted by atomic mass is 79.9. The van der Waals surface area contributed by atoms with Crippen LogP contribution < -0.4 is 10.6 Å². The maximum absolute atomic E-state index is 4.34. The molecule has 1 unspecified atom stereocenters. The fourth-order valence-corrected chi connectivity index (χ4v) is 1.72. The van der Waals surface area contributed by atoms with Gasteiger partial charge in [-0.2, -0.15) is 4.98 Å². The summed E-state index contributed by atoms with van der Waals surface area (Å²) in [5, 5.41) is 6.25.